The minimum atomic E-state index is -1.62. The molecule has 1 fully saturated rings. The summed E-state index contributed by atoms with van der Waals surface area (Å²) in [6.07, 6.45) is 56.5. The van der Waals surface area contributed by atoms with Gasteiger partial charge < -0.3 is 45.1 Å². The number of hydrogen-bond acceptors (Lipinski definition) is 10. The van der Waals surface area contributed by atoms with Crippen LogP contribution in [0.2, 0.25) is 0 Å². The second-order valence-corrected chi connectivity index (χ2v) is 21.4. The quantitative estimate of drug-likeness (QED) is 0.0195. The largest absolute Gasteiger partial charge is 0.454 e. The maximum absolute atomic E-state index is 13.4. The number of amides is 1. The van der Waals surface area contributed by atoms with E-state index in [1.165, 1.54) is 116 Å². The summed E-state index contributed by atoms with van der Waals surface area (Å²) in [5.74, 6) is -1.22. The highest BCUT2D eigenvalue weighted by molar-refractivity contribution is 5.80. The van der Waals surface area contributed by atoms with Crippen LogP contribution in [0.25, 0.3) is 0 Å². The molecule has 1 saturated heterocycles. The van der Waals surface area contributed by atoms with Gasteiger partial charge in [0, 0.05) is 6.42 Å². The monoisotopic (exact) mass is 1070 g/mol. The zero-order valence-corrected chi connectivity index (χ0v) is 48.6. The number of allylic oxidation sites excluding steroid dienone is 11. The molecule has 0 spiro atoms. The highest BCUT2D eigenvalue weighted by atomic mass is 16.7. The minimum absolute atomic E-state index is 0.100. The molecule has 11 heteroatoms. The van der Waals surface area contributed by atoms with Crippen molar-refractivity contribution in [3.63, 3.8) is 0 Å². The Kier molecular flexibility index (Phi) is 49.4. The van der Waals surface area contributed by atoms with Crippen LogP contribution in [0.1, 0.15) is 265 Å². The van der Waals surface area contributed by atoms with Gasteiger partial charge >= 0.3 is 5.97 Å². The first-order valence-corrected chi connectivity index (χ1v) is 31.2. The Bertz CT molecular complexity index is 1510. The number of ether oxygens (including phenoxy) is 3. The summed E-state index contributed by atoms with van der Waals surface area (Å²) in [6, 6.07) is -1.03. The Morgan fingerprint density at radius 1 is 0.513 bits per heavy atom. The van der Waals surface area contributed by atoms with E-state index >= 15 is 0 Å². The summed E-state index contributed by atoms with van der Waals surface area (Å²) < 4.78 is 17.6. The number of esters is 1. The molecule has 8 atom stereocenters. The Labute approximate surface area is 464 Å². The van der Waals surface area contributed by atoms with Crippen molar-refractivity contribution in [2.45, 2.75) is 314 Å². The molecule has 11 nitrogen and oxygen atoms in total. The van der Waals surface area contributed by atoms with Gasteiger partial charge in [0.25, 0.3) is 0 Å². The first kappa shape index (κ1) is 71.1. The van der Waals surface area contributed by atoms with Crippen LogP contribution in [0.5, 0.6) is 0 Å². The maximum Gasteiger partial charge on any atom is 0.306 e. The molecule has 1 rings (SSSR count). The van der Waals surface area contributed by atoms with Gasteiger partial charge in [-0.05, 0) is 96.3 Å². The topological polar surface area (TPSA) is 175 Å². The van der Waals surface area contributed by atoms with Gasteiger partial charge in [0.05, 0.1) is 25.4 Å². The minimum Gasteiger partial charge on any atom is -0.454 e. The number of carbonyl (C=O) groups excluding carboxylic acids is 2. The lowest BCUT2D eigenvalue weighted by molar-refractivity contribution is -0.305. The van der Waals surface area contributed by atoms with Crippen molar-refractivity contribution in [1.82, 2.24) is 5.32 Å². The van der Waals surface area contributed by atoms with E-state index in [0.29, 0.717) is 12.8 Å². The molecule has 0 radical (unpaired) electrons. The first-order valence-electron chi connectivity index (χ1n) is 31.2. The summed E-state index contributed by atoms with van der Waals surface area (Å²) in [6.45, 7) is 5.73. The molecule has 1 heterocycles. The van der Waals surface area contributed by atoms with Crippen molar-refractivity contribution in [3.8, 4) is 0 Å². The predicted octanol–water partition coefficient (Wildman–Crippen LogP) is 14.8. The number of carbonyl (C=O) groups is 2. The van der Waals surface area contributed by atoms with Gasteiger partial charge in [-0.3, -0.25) is 9.59 Å². The first-order chi connectivity index (χ1) is 37.2. The fourth-order valence-electron chi connectivity index (χ4n) is 9.33. The zero-order chi connectivity index (χ0) is 55.4. The van der Waals surface area contributed by atoms with E-state index < -0.39 is 67.4 Å². The lowest BCUT2D eigenvalue weighted by atomic mass is 9.99. The average molecular weight is 1070 g/mol. The SMILES string of the molecule is CCCCC/C=C\C/C=C\C/C=C\C/C=C\CCCCCCCCC(O)C(=O)NC(COC1OC(CO)C(O)C(O)C1OC(=O)CCCCC/C=C\CCCCCCCCC)C(O)/C=C/CCCCCCCCCCC. The molecule has 6 N–H and O–H groups in total. The van der Waals surface area contributed by atoms with E-state index in [9.17, 15) is 35.1 Å². The number of aliphatic hydroxyl groups excluding tert-OH is 5. The summed E-state index contributed by atoms with van der Waals surface area (Å²) in [7, 11) is 0. The van der Waals surface area contributed by atoms with E-state index in [1.54, 1.807) is 6.08 Å². The van der Waals surface area contributed by atoms with Crippen LogP contribution in [0.4, 0.5) is 0 Å². The van der Waals surface area contributed by atoms with Gasteiger partial charge in [-0.25, -0.2) is 0 Å². The van der Waals surface area contributed by atoms with Crippen molar-refractivity contribution >= 4 is 11.9 Å². The summed E-state index contributed by atoms with van der Waals surface area (Å²) in [5.41, 5.74) is 0. The maximum atomic E-state index is 13.4. The number of unbranched alkanes of at least 4 members (excludes halogenated alkanes) is 28. The number of aliphatic hydroxyl groups is 5. The van der Waals surface area contributed by atoms with Crippen molar-refractivity contribution in [2.24, 2.45) is 0 Å². The van der Waals surface area contributed by atoms with E-state index in [4.69, 9.17) is 14.2 Å². The van der Waals surface area contributed by atoms with Gasteiger partial charge in [-0.2, -0.15) is 0 Å². The second kappa shape index (κ2) is 52.8. The standard InChI is InChI=1S/C65H115NO10/c1-4-7-10-13-16-19-22-24-26-27-28-29-30-31-32-33-34-37-40-43-46-49-52-58(69)64(73)66-56(57(68)51-48-45-42-39-36-21-18-15-12-9-6-3)55-74-65-63(62(72)61(71)59(54-67)75-65)76-60(70)53-50-47-44-41-38-35-25-23-20-17-14-11-8-5-2/h16,19,24,26,28-29,31-32,35,38,48,51,56-59,61-63,65,67-69,71-72H,4-15,17-18,20-23,25,27,30,33-34,36-37,39-47,49-50,52-55H2,1-3H3,(H,66,73)/b19-16-,26-24-,29-28-,32-31-,38-35-,51-48+. The van der Waals surface area contributed by atoms with E-state index in [0.717, 1.165) is 103 Å². The summed E-state index contributed by atoms with van der Waals surface area (Å²) in [4.78, 5) is 26.5. The molecule has 0 aromatic heterocycles. The third kappa shape index (κ3) is 40.3. The van der Waals surface area contributed by atoms with E-state index in [-0.39, 0.29) is 19.4 Å². The number of hydrogen-bond donors (Lipinski definition) is 6. The van der Waals surface area contributed by atoms with Gasteiger partial charge in [-0.1, -0.05) is 235 Å². The fraction of sp³-hybridized carbons (Fsp3) is 0.785. The van der Waals surface area contributed by atoms with Crippen molar-refractivity contribution in [1.29, 1.82) is 0 Å². The molecule has 0 saturated carbocycles. The van der Waals surface area contributed by atoms with Crippen LogP contribution in [0.3, 0.4) is 0 Å². The molecule has 0 bridgehead atoms. The number of nitrogens with one attached hydrogen (secondary N) is 1. The highest BCUT2D eigenvalue weighted by Gasteiger charge is 2.47. The molecule has 1 aliphatic heterocycles. The van der Waals surface area contributed by atoms with Crippen LogP contribution < -0.4 is 5.32 Å². The number of rotatable bonds is 52. The van der Waals surface area contributed by atoms with Crippen LogP contribution in [-0.2, 0) is 23.8 Å². The molecule has 1 amide bonds. The van der Waals surface area contributed by atoms with Gasteiger partial charge in [0.1, 0.15) is 24.4 Å². The normalized spacial score (nSPS) is 19.6. The van der Waals surface area contributed by atoms with Crippen molar-refractivity contribution in [3.05, 3.63) is 72.9 Å². The molecule has 0 aromatic rings. The summed E-state index contributed by atoms with van der Waals surface area (Å²) in [5, 5.41) is 56.9. The van der Waals surface area contributed by atoms with Crippen LogP contribution >= 0.6 is 0 Å². The second-order valence-electron chi connectivity index (χ2n) is 21.4. The molecular weight excluding hydrogens is 955 g/mol. The third-order valence-electron chi connectivity index (χ3n) is 14.3. The Balaban J connectivity index is 2.67. The molecule has 0 aromatic carbocycles. The van der Waals surface area contributed by atoms with Crippen LogP contribution in [0, 0.1) is 0 Å². The molecule has 8 unspecified atom stereocenters. The molecule has 440 valence electrons. The van der Waals surface area contributed by atoms with E-state index in [2.05, 4.69) is 86.8 Å². The van der Waals surface area contributed by atoms with Crippen LogP contribution in [-0.4, -0.2) is 99.6 Å². The predicted molar refractivity (Wildman–Crippen MR) is 315 cm³/mol. The van der Waals surface area contributed by atoms with E-state index in [1.807, 2.05) is 6.08 Å². The van der Waals surface area contributed by atoms with Crippen LogP contribution in [0.15, 0.2) is 72.9 Å². The average Bonchev–Trinajstić information content (AvgIpc) is 3.42. The van der Waals surface area contributed by atoms with Gasteiger partial charge in [-0.15, -0.1) is 0 Å². The Morgan fingerprint density at radius 3 is 1.39 bits per heavy atom. The van der Waals surface area contributed by atoms with Gasteiger partial charge in [0.2, 0.25) is 5.91 Å². The Hall–Kier alpha value is -2.90. The lowest BCUT2D eigenvalue weighted by Gasteiger charge is -2.41. The molecular formula is C65H115NO10. The molecule has 0 aliphatic carbocycles. The van der Waals surface area contributed by atoms with Gasteiger partial charge in [0.15, 0.2) is 12.4 Å². The smallest absolute Gasteiger partial charge is 0.306 e. The fourth-order valence-corrected chi connectivity index (χ4v) is 9.33. The Morgan fingerprint density at radius 2 is 0.908 bits per heavy atom. The summed E-state index contributed by atoms with van der Waals surface area (Å²) >= 11 is 0. The molecule has 1 aliphatic rings. The highest BCUT2D eigenvalue weighted by Crippen LogP contribution is 2.26. The van der Waals surface area contributed by atoms with Crippen molar-refractivity contribution < 1.29 is 49.3 Å². The van der Waals surface area contributed by atoms with Crippen molar-refractivity contribution in [2.75, 3.05) is 13.2 Å². The molecule has 76 heavy (non-hydrogen) atoms. The zero-order valence-electron chi connectivity index (χ0n) is 48.6. The third-order valence-corrected chi connectivity index (χ3v) is 14.3. The lowest BCUT2D eigenvalue weighted by Crippen LogP contribution is -2.61.